The number of ether oxygens (including phenoxy) is 3. The number of benzene rings is 2. The zero-order chi connectivity index (χ0) is 18.4. The molecule has 7 heteroatoms. The quantitative estimate of drug-likeness (QED) is 0.381. The second-order valence-corrected chi connectivity index (χ2v) is 6.07. The second-order valence-electron chi connectivity index (χ2n) is 6.07. The van der Waals surface area contributed by atoms with Crippen molar-refractivity contribution in [1.29, 1.82) is 0 Å². The Bertz CT molecular complexity index is 796. The van der Waals surface area contributed by atoms with E-state index in [1.165, 1.54) is 0 Å². The molecule has 2 aromatic carbocycles. The number of aryl methyl sites for hydroxylation is 1. The van der Waals surface area contributed by atoms with E-state index in [-0.39, 0.29) is 24.0 Å². The van der Waals surface area contributed by atoms with Gasteiger partial charge in [0.25, 0.3) is 0 Å². The van der Waals surface area contributed by atoms with E-state index in [0.29, 0.717) is 32.3 Å². The van der Waals surface area contributed by atoms with Gasteiger partial charge < -0.3 is 25.3 Å². The first-order valence-electron chi connectivity index (χ1n) is 8.84. The third-order valence-electron chi connectivity index (χ3n) is 3.99. The number of halogens is 1. The summed E-state index contributed by atoms with van der Waals surface area (Å²) in [5.41, 5.74) is 9.01. The summed E-state index contributed by atoms with van der Waals surface area (Å²) in [7, 11) is 0. The number of anilines is 1. The first-order chi connectivity index (χ1) is 12.7. The molecule has 146 valence electrons. The summed E-state index contributed by atoms with van der Waals surface area (Å²) in [6.45, 7) is 6.48. The minimum atomic E-state index is 0. The van der Waals surface area contributed by atoms with Gasteiger partial charge in [-0.2, -0.15) is 0 Å². The van der Waals surface area contributed by atoms with Crippen molar-refractivity contribution in [3.8, 4) is 17.2 Å². The summed E-state index contributed by atoms with van der Waals surface area (Å²) in [5, 5.41) is 3.10. The van der Waals surface area contributed by atoms with Crippen LogP contribution in [-0.4, -0.2) is 25.8 Å². The van der Waals surface area contributed by atoms with Crippen LogP contribution >= 0.6 is 24.0 Å². The van der Waals surface area contributed by atoms with Crippen molar-refractivity contribution in [2.45, 2.75) is 26.8 Å². The maximum absolute atomic E-state index is 6.02. The van der Waals surface area contributed by atoms with E-state index in [1.807, 2.05) is 44.2 Å². The number of hydrogen-bond acceptors (Lipinski definition) is 4. The van der Waals surface area contributed by atoms with Gasteiger partial charge in [0.2, 0.25) is 0 Å². The zero-order valence-corrected chi connectivity index (χ0v) is 18.0. The normalized spacial score (nSPS) is 13.3. The number of nitrogens with two attached hydrogens (primary N) is 1. The van der Waals surface area contributed by atoms with Crippen LogP contribution in [0.5, 0.6) is 17.2 Å². The average molecular weight is 483 g/mol. The molecule has 0 unspecified atom stereocenters. The molecule has 0 bridgehead atoms. The largest absolute Gasteiger partial charge is 0.494 e. The van der Waals surface area contributed by atoms with Crippen LogP contribution in [0.4, 0.5) is 5.69 Å². The van der Waals surface area contributed by atoms with Crippen LogP contribution in [0.3, 0.4) is 0 Å². The summed E-state index contributed by atoms with van der Waals surface area (Å²) in [6, 6.07) is 11.7. The maximum atomic E-state index is 6.02. The van der Waals surface area contributed by atoms with Gasteiger partial charge in [-0.15, -0.1) is 24.0 Å². The van der Waals surface area contributed by atoms with Crippen molar-refractivity contribution in [2.75, 3.05) is 25.1 Å². The van der Waals surface area contributed by atoms with Gasteiger partial charge in [-0.3, -0.25) is 0 Å². The Labute approximate surface area is 177 Å². The molecule has 0 spiro atoms. The van der Waals surface area contributed by atoms with Gasteiger partial charge in [0, 0.05) is 18.2 Å². The lowest BCUT2D eigenvalue weighted by molar-refractivity contribution is 0.297. The summed E-state index contributed by atoms with van der Waals surface area (Å²) in [5.74, 6) is 2.74. The van der Waals surface area contributed by atoms with E-state index in [4.69, 9.17) is 19.9 Å². The molecule has 0 saturated carbocycles. The van der Waals surface area contributed by atoms with Crippen LogP contribution in [0.15, 0.2) is 41.4 Å². The van der Waals surface area contributed by atoms with Crippen molar-refractivity contribution in [2.24, 2.45) is 10.7 Å². The van der Waals surface area contributed by atoms with E-state index in [2.05, 4.69) is 16.4 Å². The topological polar surface area (TPSA) is 78.1 Å². The van der Waals surface area contributed by atoms with Crippen LogP contribution in [0.1, 0.15) is 24.5 Å². The molecule has 6 nitrogen and oxygen atoms in total. The van der Waals surface area contributed by atoms with Crippen molar-refractivity contribution in [1.82, 2.24) is 0 Å². The van der Waals surface area contributed by atoms with Crippen LogP contribution in [0.25, 0.3) is 0 Å². The van der Waals surface area contributed by atoms with Gasteiger partial charge in [0.15, 0.2) is 17.5 Å². The monoisotopic (exact) mass is 483 g/mol. The molecule has 3 N–H and O–H groups in total. The molecule has 0 aromatic heterocycles. The van der Waals surface area contributed by atoms with Crippen molar-refractivity contribution < 1.29 is 14.2 Å². The highest BCUT2D eigenvalue weighted by molar-refractivity contribution is 14.0. The minimum absolute atomic E-state index is 0. The maximum Gasteiger partial charge on any atom is 0.193 e. The summed E-state index contributed by atoms with van der Waals surface area (Å²) >= 11 is 0. The highest BCUT2D eigenvalue weighted by atomic mass is 127. The number of rotatable bonds is 5. The molecule has 1 heterocycles. The molecule has 0 atom stereocenters. The van der Waals surface area contributed by atoms with Crippen LogP contribution in [0.2, 0.25) is 0 Å². The van der Waals surface area contributed by atoms with E-state index >= 15 is 0 Å². The molecule has 3 rings (SSSR count). The lowest BCUT2D eigenvalue weighted by Crippen LogP contribution is -2.22. The number of hydrogen-bond donors (Lipinski definition) is 2. The summed E-state index contributed by atoms with van der Waals surface area (Å²) < 4.78 is 16.9. The lowest BCUT2D eigenvalue weighted by Gasteiger charge is -2.11. The van der Waals surface area contributed by atoms with Crippen molar-refractivity contribution in [3.05, 3.63) is 47.5 Å². The first kappa shape index (κ1) is 21.1. The Morgan fingerprint density at radius 1 is 1.15 bits per heavy atom. The predicted octanol–water partition coefficient (Wildman–Crippen LogP) is 4.10. The van der Waals surface area contributed by atoms with Crippen LogP contribution < -0.4 is 25.3 Å². The third-order valence-corrected chi connectivity index (χ3v) is 3.99. The highest BCUT2D eigenvalue weighted by Gasteiger charge is 2.11. The van der Waals surface area contributed by atoms with E-state index in [9.17, 15) is 0 Å². The van der Waals surface area contributed by atoms with Gasteiger partial charge in [0.05, 0.1) is 26.4 Å². The molecule has 1 aliphatic heterocycles. The number of aliphatic imine (C=N–C) groups is 1. The SMILES string of the molecule is CCOc1ccc(CN=C(N)Nc2ccc3c(c2)OCCCO3)cc1C.I. The molecule has 0 saturated heterocycles. The standard InChI is InChI=1S/C20H25N3O3.HI/c1-3-24-17-7-5-15(11-14(17)2)13-22-20(21)23-16-6-8-18-19(12-16)26-10-4-9-25-18;/h5-8,11-12H,3-4,9-10,13H2,1-2H3,(H3,21,22,23);1H. The molecule has 0 amide bonds. The van der Waals surface area contributed by atoms with E-state index in [0.717, 1.165) is 40.5 Å². The Morgan fingerprint density at radius 2 is 1.93 bits per heavy atom. The molecule has 0 aliphatic carbocycles. The second kappa shape index (κ2) is 10.2. The minimum Gasteiger partial charge on any atom is -0.494 e. The molecule has 27 heavy (non-hydrogen) atoms. The van der Waals surface area contributed by atoms with E-state index in [1.54, 1.807) is 0 Å². The average Bonchev–Trinajstić information content (AvgIpc) is 2.87. The molecule has 1 aliphatic rings. The van der Waals surface area contributed by atoms with Gasteiger partial charge >= 0.3 is 0 Å². The lowest BCUT2D eigenvalue weighted by atomic mass is 10.1. The fourth-order valence-corrected chi connectivity index (χ4v) is 2.73. The molecule has 0 radical (unpaired) electrons. The molecule has 0 fully saturated rings. The Balaban J connectivity index is 0.00000261. The van der Waals surface area contributed by atoms with E-state index < -0.39 is 0 Å². The van der Waals surface area contributed by atoms with Gasteiger partial charge in [-0.1, -0.05) is 12.1 Å². The fourth-order valence-electron chi connectivity index (χ4n) is 2.73. The Kier molecular flexibility index (Phi) is 8.02. The summed E-state index contributed by atoms with van der Waals surface area (Å²) in [6.07, 6.45) is 0.878. The zero-order valence-electron chi connectivity index (χ0n) is 15.7. The molecular formula is C20H26IN3O3. The summed E-state index contributed by atoms with van der Waals surface area (Å²) in [4.78, 5) is 4.41. The van der Waals surface area contributed by atoms with Crippen LogP contribution in [0, 0.1) is 6.92 Å². The predicted molar refractivity (Wildman–Crippen MR) is 119 cm³/mol. The van der Waals surface area contributed by atoms with Crippen LogP contribution in [-0.2, 0) is 6.54 Å². The third kappa shape index (κ3) is 5.92. The number of guanidine groups is 1. The van der Waals surface area contributed by atoms with Crippen molar-refractivity contribution in [3.63, 3.8) is 0 Å². The first-order valence-corrected chi connectivity index (χ1v) is 8.84. The fraction of sp³-hybridized carbons (Fsp3) is 0.350. The smallest absolute Gasteiger partial charge is 0.193 e. The molecule has 2 aromatic rings. The van der Waals surface area contributed by atoms with Crippen molar-refractivity contribution >= 4 is 35.6 Å². The highest BCUT2D eigenvalue weighted by Crippen LogP contribution is 2.32. The van der Waals surface area contributed by atoms with Gasteiger partial charge in [-0.05, 0) is 43.2 Å². The number of nitrogens with one attached hydrogen (secondary N) is 1. The van der Waals surface area contributed by atoms with Gasteiger partial charge in [0.1, 0.15) is 5.75 Å². The Morgan fingerprint density at radius 3 is 2.67 bits per heavy atom. The molecular weight excluding hydrogens is 457 g/mol. The number of nitrogens with zero attached hydrogens (tertiary/aromatic N) is 1. The Hall–Kier alpha value is -2.16. The van der Waals surface area contributed by atoms with Gasteiger partial charge in [-0.25, -0.2) is 4.99 Å². The number of fused-ring (bicyclic) bond motifs is 1.